The van der Waals surface area contributed by atoms with E-state index in [2.05, 4.69) is 5.32 Å². The number of ether oxygens (including phenoxy) is 1. The van der Waals surface area contributed by atoms with Crippen LogP contribution < -0.4 is 10.1 Å². The highest BCUT2D eigenvalue weighted by Gasteiger charge is 2.15. The van der Waals surface area contributed by atoms with Crippen molar-refractivity contribution in [1.82, 2.24) is 5.32 Å². The van der Waals surface area contributed by atoms with E-state index in [1.54, 1.807) is 6.07 Å². The van der Waals surface area contributed by atoms with E-state index < -0.39 is 10.1 Å². The van der Waals surface area contributed by atoms with E-state index in [9.17, 15) is 12.8 Å². The van der Waals surface area contributed by atoms with Gasteiger partial charge in [0, 0.05) is 6.54 Å². The minimum Gasteiger partial charge on any atom is -0.477 e. The smallest absolute Gasteiger partial charge is 0.298 e. The number of para-hydroxylation sites is 1. The second kappa shape index (κ2) is 6.33. The summed E-state index contributed by atoms with van der Waals surface area (Å²) >= 11 is 0. The van der Waals surface area contributed by atoms with Crippen molar-refractivity contribution < 1.29 is 22.1 Å². The fraction of sp³-hybridized carbons (Fsp3) is 0.200. The summed E-state index contributed by atoms with van der Waals surface area (Å²) < 4.78 is 47.6. The summed E-state index contributed by atoms with van der Waals surface area (Å²) in [7, 11) is -4.31. The number of nitrogens with one attached hydrogen (secondary N) is 1. The molecule has 94 valence electrons. The van der Waals surface area contributed by atoms with Gasteiger partial charge in [0.05, 0.1) is 6.33 Å². The zero-order valence-corrected chi connectivity index (χ0v) is 9.65. The van der Waals surface area contributed by atoms with Gasteiger partial charge in [0.25, 0.3) is 10.1 Å². The average molecular weight is 261 g/mol. The fourth-order valence-electron chi connectivity index (χ4n) is 1.10. The van der Waals surface area contributed by atoms with Crippen LogP contribution in [0.1, 0.15) is 0 Å². The molecule has 0 heterocycles. The predicted molar refractivity (Wildman–Crippen MR) is 60.0 cm³/mol. The standard InChI is InChI=1S/C10H12FNO4S/c11-6-3-7-12-8-16-9-4-1-2-5-10(9)17(13,14)15/h1-6,12H,7-8H2,(H,13,14,15). The molecule has 1 rings (SSSR count). The van der Waals surface area contributed by atoms with E-state index >= 15 is 0 Å². The summed E-state index contributed by atoms with van der Waals surface area (Å²) in [4.78, 5) is -0.303. The molecule has 2 N–H and O–H groups in total. The van der Waals surface area contributed by atoms with Gasteiger partial charge in [0.15, 0.2) is 0 Å². The molecule has 0 aliphatic rings. The molecule has 0 atom stereocenters. The Bertz CT molecular complexity index is 487. The van der Waals surface area contributed by atoms with Crippen LogP contribution in [0.25, 0.3) is 0 Å². The first-order valence-corrected chi connectivity index (χ1v) is 6.15. The molecule has 0 fully saturated rings. The van der Waals surface area contributed by atoms with Crippen LogP contribution in [0.4, 0.5) is 4.39 Å². The van der Waals surface area contributed by atoms with Crippen molar-refractivity contribution in [2.75, 3.05) is 13.3 Å². The maximum Gasteiger partial charge on any atom is 0.298 e. The maximum atomic E-state index is 11.6. The van der Waals surface area contributed by atoms with E-state index in [1.807, 2.05) is 0 Å². The average Bonchev–Trinajstić information content (AvgIpc) is 2.28. The Balaban J connectivity index is 2.65. The summed E-state index contributed by atoms with van der Waals surface area (Å²) in [5.41, 5.74) is 0. The van der Waals surface area contributed by atoms with E-state index in [1.165, 1.54) is 24.3 Å². The third-order valence-corrected chi connectivity index (χ3v) is 2.70. The zero-order chi connectivity index (χ0) is 12.7. The van der Waals surface area contributed by atoms with Gasteiger partial charge in [-0.1, -0.05) is 12.1 Å². The minimum absolute atomic E-state index is 0.00310. The molecule has 5 nitrogen and oxygen atoms in total. The molecule has 0 saturated carbocycles. The van der Waals surface area contributed by atoms with Gasteiger partial charge >= 0.3 is 0 Å². The number of halogens is 1. The predicted octanol–water partition coefficient (Wildman–Crippen LogP) is 1.34. The van der Waals surface area contributed by atoms with Crippen molar-refractivity contribution in [1.29, 1.82) is 0 Å². The molecule has 0 aromatic heterocycles. The molecule has 1 aromatic carbocycles. The van der Waals surface area contributed by atoms with Crippen molar-refractivity contribution in [3.05, 3.63) is 36.7 Å². The van der Waals surface area contributed by atoms with Crippen LogP contribution in [0.5, 0.6) is 5.75 Å². The van der Waals surface area contributed by atoms with Gasteiger partial charge in [0.1, 0.15) is 17.4 Å². The number of hydrogen-bond donors (Lipinski definition) is 2. The molecule has 0 radical (unpaired) electrons. The Labute approximate surface area is 98.7 Å². The molecule has 0 aliphatic carbocycles. The van der Waals surface area contributed by atoms with Crippen LogP contribution >= 0.6 is 0 Å². The summed E-state index contributed by atoms with van der Waals surface area (Å²) in [6.45, 7) is 0.251. The van der Waals surface area contributed by atoms with Gasteiger partial charge in [0.2, 0.25) is 0 Å². The Hall–Kier alpha value is -1.44. The van der Waals surface area contributed by atoms with Crippen LogP contribution in [0.15, 0.2) is 41.6 Å². The molecular formula is C10H12FNO4S. The summed E-state index contributed by atoms with van der Waals surface area (Å²) in [6, 6.07) is 5.68. The highest BCUT2D eigenvalue weighted by molar-refractivity contribution is 7.86. The quantitative estimate of drug-likeness (QED) is 0.459. The lowest BCUT2D eigenvalue weighted by Crippen LogP contribution is -2.20. The first-order chi connectivity index (χ1) is 8.05. The lowest BCUT2D eigenvalue weighted by atomic mass is 10.3. The second-order valence-corrected chi connectivity index (χ2v) is 4.42. The van der Waals surface area contributed by atoms with Gasteiger partial charge < -0.3 is 4.74 Å². The molecule has 1 aromatic rings. The molecule has 17 heavy (non-hydrogen) atoms. The molecule has 0 spiro atoms. The molecule has 0 saturated heterocycles. The second-order valence-electron chi connectivity index (χ2n) is 3.03. The first kappa shape index (κ1) is 13.6. The van der Waals surface area contributed by atoms with Gasteiger partial charge in [-0.25, -0.2) is 4.39 Å². The van der Waals surface area contributed by atoms with Crippen molar-refractivity contribution >= 4 is 10.1 Å². The van der Waals surface area contributed by atoms with Gasteiger partial charge in [-0.05, 0) is 18.2 Å². The Morgan fingerprint density at radius 2 is 2.12 bits per heavy atom. The van der Waals surface area contributed by atoms with Gasteiger partial charge in [-0.15, -0.1) is 0 Å². The lowest BCUT2D eigenvalue weighted by molar-refractivity contribution is 0.282. The normalized spacial score (nSPS) is 11.9. The minimum atomic E-state index is -4.31. The Morgan fingerprint density at radius 1 is 1.41 bits per heavy atom. The lowest BCUT2D eigenvalue weighted by Gasteiger charge is -2.09. The Morgan fingerprint density at radius 3 is 2.76 bits per heavy atom. The summed E-state index contributed by atoms with van der Waals surface area (Å²) in [5, 5.41) is 2.69. The van der Waals surface area contributed by atoms with E-state index in [0.29, 0.717) is 6.33 Å². The third-order valence-electron chi connectivity index (χ3n) is 1.81. The molecule has 0 unspecified atom stereocenters. The van der Waals surface area contributed by atoms with Crippen LogP contribution in [0.3, 0.4) is 0 Å². The van der Waals surface area contributed by atoms with E-state index in [4.69, 9.17) is 9.29 Å². The largest absolute Gasteiger partial charge is 0.477 e. The third kappa shape index (κ3) is 4.51. The number of benzene rings is 1. The van der Waals surface area contributed by atoms with Crippen LogP contribution in [-0.4, -0.2) is 26.2 Å². The SMILES string of the molecule is O=S(=O)(O)c1ccccc1OCNCC=CF. The van der Waals surface area contributed by atoms with E-state index in [-0.39, 0.29) is 23.9 Å². The van der Waals surface area contributed by atoms with Gasteiger partial charge in [-0.2, -0.15) is 8.42 Å². The van der Waals surface area contributed by atoms with Crippen LogP contribution in [0, 0.1) is 0 Å². The van der Waals surface area contributed by atoms with Crippen molar-refractivity contribution in [3.8, 4) is 5.75 Å². The fourth-order valence-corrected chi connectivity index (χ4v) is 1.73. The molecule has 7 heteroatoms. The summed E-state index contributed by atoms with van der Waals surface area (Å²) in [5.74, 6) is 0.0340. The molecule has 0 amide bonds. The highest BCUT2D eigenvalue weighted by Crippen LogP contribution is 2.22. The summed E-state index contributed by atoms with van der Waals surface area (Å²) in [6.07, 6.45) is 1.62. The first-order valence-electron chi connectivity index (χ1n) is 4.71. The monoisotopic (exact) mass is 261 g/mol. The topological polar surface area (TPSA) is 75.6 Å². The van der Waals surface area contributed by atoms with E-state index in [0.717, 1.165) is 0 Å². The van der Waals surface area contributed by atoms with Crippen molar-refractivity contribution in [2.45, 2.75) is 4.90 Å². The van der Waals surface area contributed by atoms with Crippen LogP contribution in [0.2, 0.25) is 0 Å². The van der Waals surface area contributed by atoms with Crippen LogP contribution in [-0.2, 0) is 10.1 Å². The number of rotatable bonds is 6. The van der Waals surface area contributed by atoms with Gasteiger partial charge in [-0.3, -0.25) is 9.87 Å². The molecular weight excluding hydrogens is 249 g/mol. The van der Waals surface area contributed by atoms with Crippen molar-refractivity contribution in [3.63, 3.8) is 0 Å². The highest BCUT2D eigenvalue weighted by atomic mass is 32.2. The zero-order valence-electron chi connectivity index (χ0n) is 8.84. The molecule has 0 aliphatic heterocycles. The Kier molecular flexibility index (Phi) is 5.08. The number of hydrogen-bond acceptors (Lipinski definition) is 4. The van der Waals surface area contributed by atoms with Crippen molar-refractivity contribution in [2.24, 2.45) is 0 Å². The maximum absolute atomic E-state index is 11.6. The molecule has 0 bridgehead atoms.